The number of halogens is 2. The summed E-state index contributed by atoms with van der Waals surface area (Å²) < 4.78 is 30.7. The van der Waals surface area contributed by atoms with E-state index in [-0.39, 0.29) is 5.89 Å². The molecule has 1 N–H and O–H groups in total. The van der Waals surface area contributed by atoms with Crippen molar-refractivity contribution in [2.24, 2.45) is 0 Å². The number of fused-ring (bicyclic) bond motifs is 1. The van der Waals surface area contributed by atoms with Crippen LogP contribution in [-0.2, 0) is 12.8 Å². The number of thiophene rings is 1. The summed E-state index contributed by atoms with van der Waals surface area (Å²) in [5.74, 6) is -2.33. The third kappa shape index (κ3) is 2.70. The summed E-state index contributed by atoms with van der Waals surface area (Å²) in [7, 11) is 0. The smallest absolute Gasteiger partial charge is 0.374 e. The van der Waals surface area contributed by atoms with Gasteiger partial charge in [-0.1, -0.05) is 6.42 Å². The zero-order valence-corrected chi connectivity index (χ0v) is 11.9. The minimum absolute atomic E-state index is 0.0271. The van der Waals surface area contributed by atoms with Crippen molar-refractivity contribution < 1.29 is 23.1 Å². The first-order valence-electron chi connectivity index (χ1n) is 6.70. The first-order valence-corrected chi connectivity index (χ1v) is 7.52. The number of aryl methyl sites for hydroxylation is 2. The van der Waals surface area contributed by atoms with E-state index in [1.165, 1.54) is 28.2 Å². The quantitative estimate of drug-likeness (QED) is 0.858. The molecule has 0 saturated carbocycles. The molecule has 4 nitrogen and oxygen atoms in total. The van der Waals surface area contributed by atoms with Gasteiger partial charge in [-0.2, -0.15) is 0 Å². The highest BCUT2D eigenvalue weighted by Crippen LogP contribution is 2.36. The van der Waals surface area contributed by atoms with Crippen LogP contribution < -0.4 is 0 Å². The predicted octanol–water partition coefficient (Wildman–Crippen LogP) is 4.31. The van der Waals surface area contributed by atoms with Crippen LogP contribution in [0.4, 0.5) is 8.78 Å². The van der Waals surface area contributed by atoms with Gasteiger partial charge >= 0.3 is 5.97 Å². The van der Waals surface area contributed by atoms with E-state index in [1.807, 2.05) is 6.07 Å². The van der Waals surface area contributed by atoms with E-state index < -0.39 is 23.8 Å². The Balaban J connectivity index is 2.01. The maximum Gasteiger partial charge on any atom is 0.374 e. The number of carboxylic acids is 1. The average Bonchev–Trinajstić information content (AvgIpc) is 2.98. The molecule has 0 saturated heterocycles. The number of nitrogens with zero attached hydrogens (tertiary/aromatic N) is 1. The molecule has 112 valence electrons. The first kappa shape index (κ1) is 14.2. The maximum atomic E-state index is 12.8. The molecule has 0 bridgehead atoms. The summed E-state index contributed by atoms with van der Waals surface area (Å²) >= 11 is 1.45. The lowest BCUT2D eigenvalue weighted by atomic mass is 10.1. The number of hydrogen-bond donors (Lipinski definition) is 1. The largest absolute Gasteiger partial charge is 0.475 e. The molecule has 7 heteroatoms. The molecule has 0 spiro atoms. The standard InChI is InChI=1S/C14H13F2NO3S/c15-12(16)10-11(14(18)19)20-13(17-10)9-6-7-4-2-1-3-5-8(7)21-9/h6,12H,1-5H2,(H,18,19). The Morgan fingerprint density at radius 2 is 2.10 bits per heavy atom. The second-order valence-electron chi connectivity index (χ2n) is 4.96. The van der Waals surface area contributed by atoms with Crippen LogP contribution in [0.15, 0.2) is 10.5 Å². The molecule has 0 radical (unpaired) electrons. The van der Waals surface area contributed by atoms with Gasteiger partial charge in [-0.25, -0.2) is 18.6 Å². The molecule has 0 aliphatic heterocycles. The van der Waals surface area contributed by atoms with Gasteiger partial charge in [-0.15, -0.1) is 11.3 Å². The van der Waals surface area contributed by atoms with Crippen LogP contribution in [0.2, 0.25) is 0 Å². The summed E-state index contributed by atoms with van der Waals surface area (Å²) in [5, 5.41) is 8.91. The SMILES string of the molecule is O=C(O)c1oc(-c2cc3c(s2)CCCCC3)nc1C(F)F. The molecular weight excluding hydrogens is 300 g/mol. The zero-order chi connectivity index (χ0) is 15.0. The summed E-state index contributed by atoms with van der Waals surface area (Å²) in [6.45, 7) is 0. The average molecular weight is 313 g/mol. The van der Waals surface area contributed by atoms with Crippen molar-refractivity contribution in [1.82, 2.24) is 4.98 Å². The lowest BCUT2D eigenvalue weighted by molar-refractivity contribution is 0.0647. The number of aromatic nitrogens is 1. The van der Waals surface area contributed by atoms with Gasteiger partial charge in [-0.3, -0.25) is 0 Å². The Kier molecular flexibility index (Phi) is 3.75. The third-order valence-electron chi connectivity index (χ3n) is 3.51. The van der Waals surface area contributed by atoms with Crippen LogP contribution in [0.25, 0.3) is 10.8 Å². The summed E-state index contributed by atoms with van der Waals surface area (Å²) in [4.78, 5) is 16.5. The van der Waals surface area contributed by atoms with Crippen molar-refractivity contribution in [3.8, 4) is 10.8 Å². The molecular formula is C14H13F2NO3S. The van der Waals surface area contributed by atoms with Gasteiger partial charge in [0.2, 0.25) is 11.7 Å². The van der Waals surface area contributed by atoms with E-state index in [1.54, 1.807) is 0 Å². The van der Waals surface area contributed by atoms with Gasteiger partial charge in [0.15, 0.2) is 5.69 Å². The summed E-state index contributed by atoms with van der Waals surface area (Å²) in [6.07, 6.45) is 2.37. The van der Waals surface area contributed by atoms with Crippen molar-refractivity contribution in [2.75, 3.05) is 0 Å². The molecule has 0 amide bonds. The van der Waals surface area contributed by atoms with Crippen LogP contribution in [0.1, 0.15) is 52.4 Å². The number of aromatic carboxylic acids is 1. The molecule has 2 aromatic rings. The molecule has 21 heavy (non-hydrogen) atoms. The third-order valence-corrected chi connectivity index (χ3v) is 4.74. The van der Waals surface area contributed by atoms with Crippen molar-refractivity contribution in [2.45, 2.75) is 38.5 Å². The van der Waals surface area contributed by atoms with Crippen molar-refractivity contribution in [3.63, 3.8) is 0 Å². The number of carbonyl (C=O) groups is 1. The zero-order valence-electron chi connectivity index (χ0n) is 11.1. The van der Waals surface area contributed by atoms with Gasteiger partial charge in [0.1, 0.15) is 0 Å². The topological polar surface area (TPSA) is 63.3 Å². The lowest BCUT2D eigenvalue weighted by Crippen LogP contribution is -1.99. The minimum atomic E-state index is -2.97. The molecule has 3 rings (SSSR count). The second-order valence-corrected chi connectivity index (χ2v) is 6.10. The number of rotatable bonds is 3. The van der Waals surface area contributed by atoms with Crippen molar-refractivity contribution in [3.05, 3.63) is 28.0 Å². The Morgan fingerprint density at radius 3 is 2.76 bits per heavy atom. The molecule has 2 heterocycles. The number of alkyl halides is 2. The van der Waals surface area contributed by atoms with E-state index >= 15 is 0 Å². The number of hydrogen-bond acceptors (Lipinski definition) is 4. The highest BCUT2D eigenvalue weighted by Gasteiger charge is 2.27. The molecule has 0 unspecified atom stereocenters. The Labute approximate surface area is 123 Å². The van der Waals surface area contributed by atoms with E-state index in [0.717, 1.165) is 25.7 Å². The predicted molar refractivity (Wildman–Crippen MR) is 73.0 cm³/mol. The molecule has 0 atom stereocenters. The van der Waals surface area contributed by atoms with Crippen LogP contribution in [-0.4, -0.2) is 16.1 Å². The van der Waals surface area contributed by atoms with Gasteiger partial charge in [0.05, 0.1) is 4.88 Å². The maximum absolute atomic E-state index is 12.8. The molecule has 0 fully saturated rings. The van der Waals surface area contributed by atoms with Crippen LogP contribution >= 0.6 is 11.3 Å². The molecule has 1 aliphatic carbocycles. The van der Waals surface area contributed by atoms with Crippen LogP contribution in [0.3, 0.4) is 0 Å². The lowest BCUT2D eigenvalue weighted by Gasteiger charge is -1.92. The number of carboxylic acid groups (broad SMARTS) is 1. The highest BCUT2D eigenvalue weighted by molar-refractivity contribution is 7.15. The summed E-state index contributed by atoms with van der Waals surface area (Å²) in [5.41, 5.74) is 0.391. The van der Waals surface area contributed by atoms with Gasteiger partial charge in [-0.05, 0) is 37.3 Å². The highest BCUT2D eigenvalue weighted by atomic mass is 32.1. The monoisotopic (exact) mass is 313 g/mol. The van der Waals surface area contributed by atoms with E-state index in [2.05, 4.69) is 4.98 Å². The van der Waals surface area contributed by atoms with Crippen molar-refractivity contribution in [1.29, 1.82) is 0 Å². The van der Waals surface area contributed by atoms with Crippen LogP contribution in [0.5, 0.6) is 0 Å². The summed E-state index contributed by atoms with van der Waals surface area (Å²) in [6, 6.07) is 1.89. The normalized spacial score (nSPS) is 15.0. The van der Waals surface area contributed by atoms with Crippen molar-refractivity contribution >= 4 is 17.3 Å². The molecule has 0 aromatic carbocycles. The van der Waals surface area contributed by atoms with Gasteiger partial charge in [0, 0.05) is 4.88 Å². The Hall–Kier alpha value is -1.76. The fraction of sp³-hybridized carbons (Fsp3) is 0.429. The second kappa shape index (κ2) is 5.55. The van der Waals surface area contributed by atoms with Gasteiger partial charge in [0.25, 0.3) is 6.43 Å². The Bertz CT molecular complexity index is 654. The Morgan fingerprint density at radius 1 is 1.33 bits per heavy atom. The van der Waals surface area contributed by atoms with Crippen LogP contribution in [0, 0.1) is 0 Å². The van der Waals surface area contributed by atoms with E-state index in [9.17, 15) is 13.6 Å². The molecule has 2 aromatic heterocycles. The fourth-order valence-electron chi connectivity index (χ4n) is 2.51. The fourth-order valence-corrected chi connectivity index (χ4v) is 3.69. The minimum Gasteiger partial charge on any atom is -0.475 e. The van der Waals surface area contributed by atoms with E-state index in [4.69, 9.17) is 9.52 Å². The number of oxazole rings is 1. The molecule has 1 aliphatic rings. The first-order chi connectivity index (χ1) is 10.1. The van der Waals surface area contributed by atoms with E-state index in [0.29, 0.717) is 4.88 Å². The van der Waals surface area contributed by atoms with Gasteiger partial charge < -0.3 is 9.52 Å².